The van der Waals surface area contributed by atoms with Crippen LogP contribution in [0.4, 0.5) is 4.79 Å². The summed E-state index contributed by atoms with van der Waals surface area (Å²) in [4.78, 5) is 24.4. The van der Waals surface area contributed by atoms with Crippen LogP contribution < -0.4 is 5.32 Å². The molecule has 0 spiro atoms. The van der Waals surface area contributed by atoms with E-state index >= 15 is 0 Å². The van der Waals surface area contributed by atoms with Crippen molar-refractivity contribution in [2.24, 2.45) is 0 Å². The van der Waals surface area contributed by atoms with Crippen LogP contribution in [0.15, 0.2) is 24.3 Å². The molecule has 2 N–H and O–H groups in total. The number of hydrogen-bond acceptors (Lipinski definition) is 2. The Hall–Kier alpha value is -1.75. The summed E-state index contributed by atoms with van der Waals surface area (Å²) in [6.07, 6.45) is 1.10. The second kappa shape index (κ2) is 7.75. The zero-order chi connectivity index (χ0) is 15.1. The monoisotopic (exact) mass is 298 g/mol. The minimum absolute atomic E-state index is 0.366. The molecule has 0 bridgehead atoms. The third-order valence-corrected chi connectivity index (χ3v) is 3.06. The molecule has 1 atom stereocenters. The maximum Gasteiger partial charge on any atom is 0.326 e. The normalized spacial score (nSPS) is 11.8. The first kappa shape index (κ1) is 16.3. The highest BCUT2D eigenvalue weighted by atomic mass is 35.5. The molecule has 0 saturated heterocycles. The fraction of sp³-hybridized carbons (Fsp3) is 0.429. The minimum Gasteiger partial charge on any atom is -0.480 e. The van der Waals surface area contributed by atoms with Crippen molar-refractivity contribution in [3.63, 3.8) is 0 Å². The number of carbonyl (C=O) groups is 2. The van der Waals surface area contributed by atoms with Gasteiger partial charge in [-0.05, 0) is 24.1 Å². The van der Waals surface area contributed by atoms with E-state index in [0.717, 1.165) is 5.56 Å². The molecule has 0 aliphatic carbocycles. The summed E-state index contributed by atoms with van der Waals surface area (Å²) in [5.74, 6) is -1.02. The van der Waals surface area contributed by atoms with Crippen molar-refractivity contribution >= 4 is 23.6 Å². The zero-order valence-electron chi connectivity index (χ0n) is 11.6. The van der Waals surface area contributed by atoms with Crippen LogP contribution >= 0.6 is 11.6 Å². The standard InChI is InChI=1S/C14H19ClN2O3/c1-3-5-12(13(18)19)16-14(20)17(2)9-10-6-4-7-11(15)8-10/h4,6-8,12H,3,5,9H2,1-2H3,(H,16,20)(H,18,19)/t12-/m1/s1. The van der Waals surface area contributed by atoms with Crippen LogP contribution in [-0.2, 0) is 11.3 Å². The van der Waals surface area contributed by atoms with Gasteiger partial charge in [0.05, 0.1) is 0 Å². The Morgan fingerprint density at radius 2 is 2.15 bits per heavy atom. The molecule has 0 unspecified atom stereocenters. The lowest BCUT2D eigenvalue weighted by Crippen LogP contribution is -2.46. The molecular formula is C14H19ClN2O3. The largest absolute Gasteiger partial charge is 0.480 e. The minimum atomic E-state index is -1.02. The molecule has 0 fully saturated rings. The number of nitrogens with one attached hydrogen (secondary N) is 1. The van der Waals surface area contributed by atoms with E-state index in [9.17, 15) is 9.59 Å². The number of urea groups is 1. The molecule has 1 rings (SSSR count). The van der Waals surface area contributed by atoms with Crippen molar-refractivity contribution < 1.29 is 14.7 Å². The van der Waals surface area contributed by atoms with Gasteiger partial charge in [-0.3, -0.25) is 0 Å². The summed E-state index contributed by atoms with van der Waals surface area (Å²) < 4.78 is 0. The lowest BCUT2D eigenvalue weighted by atomic mass is 10.2. The zero-order valence-corrected chi connectivity index (χ0v) is 12.4. The molecule has 0 saturated carbocycles. The summed E-state index contributed by atoms with van der Waals surface area (Å²) in [7, 11) is 1.61. The van der Waals surface area contributed by atoms with Crippen molar-refractivity contribution in [1.29, 1.82) is 0 Å². The highest BCUT2D eigenvalue weighted by Crippen LogP contribution is 2.12. The lowest BCUT2D eigenvalue weighted by Gasteiger charge is -2.21. The molecule has 110 valence electrons. The predicted octanol–water partition coefficient (Wildman–Crippen LogP) is 2.73. The van der Waals surface area contributed by atoms with Gasteiger partial charge in [0.25, 0.3) is 0 Å². The average molecular weight is 299 g/mol. The third kappa shape index (κ3) is 5.09. The van der Waals surface area contributed by atoms with Crippen LogP contribution in [0.25, 0.3) is 0 Å². The number of aliphatic carboxylic acids is 1. The molecule has 1 aromatic carbocycles. The van der Waals surface area contributed by atoms with Gasteiger partial charge < -0.3 is 15.3 Å². The van der Waals surface area contributed by atoms with Crippen molar-refractivity contribution in [1.82, 2.24) is 10.2 Å². The number of amides is 2. The van der Waals surface area contributed by atoms with Gasteiger partial charge in [0.2, 0.25) is 0 Å². The van der Waals surface area contributed by atoms with E-state index in [-0.39, 0.29) is 0 Å². The van der Waals surface area contributed by atoms with Crippen LogP contribution in [0, 0.1) is 0 Å². The van der Waals surface area contributed by atoms with Crippen LogP contribution in [0.5, 0.6) is 0 Å². The number of rotatable bonds is 6. The van der Waals surface area contributed by atoms with E-state index in [0.29, 0.717) is 24.4 Å². The smallest absolute Gasteiger partial charge is 0.326 e. The van der Waals surface area contributed by atoms with Crippen molar-refractivity contribution in [3.05, 3.63) is 34.9 Å². The summed E-state index contributed by atoms with van der Waals surface area (Å²) in [6.45, 7) is 2.24. The molecule has 1 aromatic rings. The molecule has 2 amide bonds. The van der Waals surface area contributed by atoms with Crippen LogP contribution in [0.1, 0.15) is 25.3 Å². The number of benzene rings is 1. The second-order valence-electron chi connectivity index (χ2n) is 4.61. The molecule has 0 aromatic heterocycles. The topological polar surface area (TPSA) is 69.6 Å². The number of nitrogens with zero attached hydrogens (tertiary/aromatic N) is 1. The van der Waals surface area contributed by atoms with E-state index in [2.05, 4.69) is 5.32 Å². The Morgan fingerprint density at radius 3 is 2.70 bits per heavy atom. The first-order chi connectivity index (χ1) is 9.43. The van der Waals surface area contributed by atoms with Gasteiger partial charge in [-0.2, -0.15) is 0 Å². The molecule has 6 heteroatoms. The van der Waals surface area contributed by atoms with Crippen LogP contribution in [0.3, 0.4) is 0 Å². The van der Waals surface area contributed by atoms with Crippen molar-refractivity contribution in [2.45, 2.75) is 32.4 Å². The third-order valence-electron chi connectivity index (χ3n) is 2.83. The average Bonchev–Trinajstić information content (AvgIpc) is 2.37. The van der Waals surface area contributed by atoms with Crippen molar-refractivity contribution in [3.8, 4) is 0 Å². The Labute approximate surface area is 123 Å². The molecule has 20 heavy (non-hydrogen) atoms. The number of carboxylic acids is 1. The number of carboxylic acid groups (broad SMARTS) is 1. The van der Waals surface area contributed by atoms with E-state index < -0.39 is 18.0 Å². The fourth-order valence-electron chi connectivity index (χ4n) is 1.79. The highest BCUT2D eigenvalue weighted by molar-refractivity contribution is 6.30. The Kier molecular flexibility index (Phi) is 6.31. The molecule has 0 aliphatic heterocycles. The summed E-state index contributed by atoms with van der Waals surface area (Å²) in [6, 6.07) is 5.93. The number of halogens is 1. The van der Waals surface area contributed by atoms with Gasteiger partial charge in [-0.25, -0.2) is 9.59 Å². The van der Waals surface area contributed by atoms with E-state index in [1.165, 1.54) is 4.90 Å². The fourth-order valence-corrected chi connectivity index (χ4v) is 2.00. The van der Waals surface area contributed by atoms with Gasteiger partial charge in [0, 0.05) is 18.6 Å². The van der Waals surface area contributed by atoms with Crippen LogP contribution in [0.2, 0.25) is 5.02 Å². The van der Waals surface area contributed by atoms with Gasteiger partial charge >= 0.3 is 12.0 Å². The van der Waals surface area contributed by atoms with Gasteiger partial charge in [-0.1, -0.05) is 37.1 Å². The Morgan fingerprint density at radius 1 is 1.45 bits per heavy atom. The van der Waals surface area contributed by atoms with E-state index in [4.69, 9.17) is 16.7 Å². The van der Waals surface area contributed by atoms with E-state index in [1.807, 2.05) is 13.0 Å². The van der Waals surface area contributed by atoms with Crippen molar-refractivity contribution in [2.75, 3.05) is 7.05 Å². The Bertz CT molecular complexity index is 479. The lowest BCUT2D eigenvalue weighted by molar-refractivity contribution is -0.139. The molecule has 0 heterocycles. The molecular weight excluding hydrogens is 280 g/mol. The first-order valence-corrected chi connectivity index (χ1v) is 6.80. The Balaban J connectivity index is 2.60. The maximum atomic E-state index is 11.9. The van der Waals surface area contributed by atoms with Gasteiger partial charge in [-0.15, -0.1) is 0 Å². The molecule has 0 radical (unpaired) electrons. The molecule has 0 aliphatic rings. The van der Waals surface area contributed by atoms with E-state index in [1.54, 1.807) is 25.2 Å². The summed E-state index contributed by atoms with van der Waals surface area (Å²) in [5, 5.41) is 12.1. The highest BCUT2D eigenvalue weighted by Gasteiger charge is 2.20. The summed E-state index contributed by atoms with van der Waals surface area (Å²) in [5.41, 5.74) is 0.887. The SMILES string of the molecule is CCC[C@@H](NC(=O)N(C)Cc1cccc(Cl)c1)C(=O)O. The second-order valence-corrected chi connectivity index (χ2v) is 5.05. The summed E-state index contributed by atoms with van der Waals surface area (Å²) >= 11 is 5.88. The van der Waals surface area contributed by atoms with Gasteiger partial charge in [0.15, 0.2) is 0 Å². The number of hydrogen-bond donors (Lipinski definition) is 2. The molecule has 5 nitrogen and oxygen atoms in total. The van der Waals surface area contributed by atoms with Gasteiger partial charge in [0.1, 0.15) is 6.04 Å². The maximum absolute atomic E-state index is 11.9. The first-order valence-electron chi connectivity index (χ1n) is 6.43. The number of carbonyl (C=O) groups excluding carboxylic acids is 1. The van der Waals surface area contributed by atoms with Crippen LogP contribution in [-0.4, -0.2) is 35.1 Å². The predicted molar refractivity (Wildman–Crippen MR) is 77.8 cm³/mol. The quantitative estimate of drug-likeness (QED) is 0.848.